The molecule has 236 valence electrons. The molecule has 7 heteroatoms. The number of ketones is 2. The number of carbonyl (C=O) groups is 2. The highest BCUT2D eigenvalue weighted by atomic mass is 16.5. The highest BCUT2D eigenvalue weighted by Crippen LogP contribution is 2.32. The minimum Gasteiger partial charge on any atom is -0.504 e. The number of Topliss-reactive ketones (excluding diaryl/α,β-unsaturated/α-hetero) is 1. The first-order valence-corrected chi connectivity index (χ1v) is 15.7. The average molecular weight is 601 g/mol. The number of aromatic hydroxyl groups is 1. The van der Waals surface area contributed by atoms with Crippen LogP contribution in [0.3, 0.4) is 0 Å². The molecule has 1 aromatic heterocycles. The van der Waals surface area contributed by atoms with Gasteiger partial charge in [0, 0.05) is 25.6 Å². The molecule has 0 aliphatic heterocycles. The van der Waals surface area contributed by atoms with E-state index in [0.717, 1.165) is 60.8 Å². The lowest BCUT2D eigenvalue weighted by Crippen LogP contribution is -2.07. The van der Waals surface area contributed by atoms with Crippen molar-refractivity contribution in [2.75, 3.05) is 19.5 Å². The minimum absolute atomic E-state index is 0.000355. The third kappa shape index (κ3) is 10.9. The summed E-state index contributed by atoms with van der Waals surface area (Å²) in [5.41, 5.74) is 13.1. The number of nitrogens with zero attached hydrogens (tertiary/aromatic N) is 1. The van der Waals surface area contributed by atoms with E-state index >= 15 is 0 Å². The number of nitrogen functional groups attached to an aromatic ring is 1. The number of benzene rings is 2. The number of rotatable bonds is 18. The first-order valence-electron chi connectivity index (χ1n) is 15.7. The Morgan fingerprint density at radius 3 is 2.34 bits per heavy atom. The molecular formula is C37H48N2O5. The molecular weight excluding hydrogens is 552 g/mol. The Hall–Kier alpha value is -3.97. The molecule has 0 saturated carbocycles. The van der Waals surface area contributed by atoms with Gasteiger partial charge in [-0.25, -0.2) is 4.98 Å². The second kappa shape index (κ2) is 17.4. The summed E-state index contributed by atoms with van der Waals surface area (Å²) in [7, 11) is 1.48. The zero-order valence-electron chi connectivity index (χ0n) is 26.7. The zero-order chi connectivity index (χ0) is 32.1. The van der Waals surface area contributed by atoms with Crippen molar-refractivity contribution in [1.29, 1.82) is 0 Å². The van der Waals surface area contributed by atoms with Gasteiger partial charge in [-0.2, -0.15) is 0 Å². The van der Waals surface area contributed by atoms with E-state index in [1.165, 1.54) is 24.3 Å². The highest BCUT2D eigenvalue weighted by Gasteiger charge is 2.14. The van der Waals surface area contributed by atoms with Crippen LogP contribution in [-0.2, 0) is 22.4 Å². The molecule has 0 bridgehead atoms. The van der Waals surface area contributed by atoms with Crippen LogP contribution in [0.4, 0.5) is 5.82 Å². The number of allylic oxidation sites excluding steroid dienone is 1. The summed E-state index contributed by atoms with van der Waals surface area (Å²) in [6, 6.07) is 11.8. The number of methoxy groups -OCH3 is 1. The highest BCUT2D eigenvalue weighted by molar-refractivity contribution is 6.06. The first kappa shape index (κ1) is 34.5. The summed E-state index contributed by atoms with van der Waals surface area (Å²) in [5, 5.41) is 19.7. The standard InChI is InChI=1S/C37H48N2O5/c1-5-8-27(10-7-14-40)9-6-11-33(41)23-34(42)13-12-30-22-36(44-4)35(43)21-31(30)19-29-20-32(37(38)39-24-29)18-28-16-25(2)15-26(3)17-28/h12-13,15-17,20-22,24,27,40,43H,5-11,14,18-19,23H2,1-4H3,(H2,38,39). The fourth-order valence-corrected chi connectivity index (χ4v) is 5.85. The molecule has 1 atom stereocenters. The third-order valence-electron chi connectivity index (χ3n) is 7.92. The molecule has 0 fully saturated rings. The Morgan fingerprint density at radius 2 is 1.66 bits per heavy atom. The van der Waals surface area contributed by atoms with Crippen LogP contribution in [-0.4, -0.2) is 40.5 Å². The zero-order valence-corrected chi connectivity index (χ0v) is 26.7. The van der Waals surface area contributed by atoms with Crippen LogP contribution in [0, 0.1) is 19.8 Å². The second-order valence-electron chi connectivity index (χ2n) is 11.9. The van der Waals surface area contributed by atoms with Crippen molar-refractivity contribution in [2.45, 2.75) is 85.0 Å². The van der Waals surface area contributed by atoms with Crippen LogP contribution in [0.2, 0.25) is 0 Å². The first-order chi connectivity index (χ1) is 21.1. The van der Waals surface area contributed by atoms with Gasteiger partial charge in [0.15, 0.2) is 17.3 Å². The Morgan fingerprint density at radius 1 is 0.955 bits per heavy atom. The number of pyridine rings is 1. The van der Waals surface area contributed by atoms with Gasteiger partial charge >= 0.3 is 0 Å². The lowest BCUT2D eigenvalue weighted by molar-refractivity contribution is -0.124. The molecule has 0 saturated heterocycles. The molecule has 3 rings (SSSR count). The van der Waals surface area contributed by atoms with E-state index in [1.54, 1.807) is 24.4 Å². The van der Waals surface area contributed by atoms with Crippen LogP contribution in [0.5, 0.6) is 11.5 Å². The quantitative estimate of drug-likeness (QED) is 0.105. The van der Waals surface area contributed by atoms with Gasteiger partial charge in [-0.15, -0.1) is 0 Å². The van der Waals surface area contributed by atoms with E-state index in [9.17, 15) is 14.7 Å². The van der Waals surface area contributed by atoms with Crippen LogP contribution in [0.25, 0.3) is 6.08 Å². The molecule has 0 amide bonds. The Kier molecular flexibility index (Phi) is 13.6. The molecule has 0 aliphatic carbocycles. The molecule has 44 heavy (non-hydrogen) atoms. The summed E-state index contributed by atoms with van der Waals surface area (Å²) in [4.78, 5) is 29.7. The number of ether oxygens (including phenoxy) is 1. The number of hydrogen-bond donors (Lipinski definition) is 3. The van der Waals surface area contributed by atoms with Crippen LogP contribution in [0.1, 0.15) is 97.2 Å². The maximum Gasteiger partial charge on any atom is 0.163 e. The molecule has 2 aromatic carbocycles. The number of aromatic nitrogens is 1. The fourth-order valence-electron chi connectivity index (χ4n) is 5.85. The van der Waals surface area contributed by atoms with Crippen molar-refractivity contribution >= 4 is 23.5 Å². The van der Waals surface area contributed by atoms with Crippen LogP contribution >= 0.6 is 0 Å². The number of carbonyl (C=O) groups excluding carboxylic acids is 2. The van der Waals surface area contributed by atoms with Crippen molar-refractivity contribution in [1.82, 2.24) is 4.98 Å². The maximum absolute atomic E-state index is 12.7. The van der Waals surface area contributed by atoms with E-state index in [4.69, 9.17) is 15.6 Å². The predicted molar refractivity (Wildman–Crippen MR) is 177 cm³/mol. The summed E-state index contributed by atoms with van der Waals surface area (Å²) in [6.45, 7) is 6.49. The van der Waals surface area contributed by atoms with Gasteiger partial charge in [0.2, 0.25) is 0 Å². The molecule has 0 radical (unpaired) electrons. The van der Waals surface area contributed by atoms with Gasteiger partial charge in [0.25, 0.3) is 0 Å². The minimum atomic E-state index is -0.261. The largest absolute Gasteiger partial charge is 0.504 e. The monoisotopic (exact) mass is 600 g/mol. The van der Waals surface area contributed by atoms with E-state index in [-0.39, 0.29) is 30.3 Å². The number of anilines is 1. The van der Waals surface area contributed by atoms with E-state index < -0.39 is 0 Å². The number of aryl methyl sites for hydroxylation is 2. The number of nitrogens with two attached hydrogens (primary N) is 1. The summed E-state index contributed by atoms with van der Waals surface area (Å²) in [6.07, 6.45) is 11.8. The lowest BCUT2D eigenvalue weighted by atomic mass is 9.91. The molecule has 0 aliphatic rings. The number of hydrogen-bond acceptors (Lipinski definition) is 7. The number of phenols is 1. The fraction of sp³-hybridized carbons (Fsp3) is 0.432. The van der Waals surface area contributed by atoms with Crippen LogP contribution in [0.15, 0.2) is 48.7 Å². The van der Waals surface area contributed by atoms with Crippen molar-refractivity contribution < 1.29 is 24.5 Å². The van der Waals surface area contributed by atoms with Crippen molar-refractivity contribution in [3.63, 3.8) is 0 Å². The van der Waals surface area contributed by atoms with Gasteiger partial charge in [-0.1, -0.05) is 61.6 Å². The van der Waals surface area contributed by atoms with E-state index in [1.807, 2.05) is 6.07 Å². The topological polar surface area (TPSA) is 123 Å². The van der Waals surface area contributed by atoms with E-state index in [2.05, 4.69) is 44.0 Å². The van der Waals surface area contributed by atoms with Gasteiger partial charge < -0.3 is 20.7 Å². The van der Waals surface area contributed by atoms with E-state index in [0.29, 0.717) is 42.3 Å². The van der Waals surface area contributed by atoms with Crippen molar-refractivity contribution in [3.8, 4) is 11.5 Å². The Balaban J connectivity index is 1.70. The van der Waals surface area contributed by atoms with Gasteiger partial charge in [-0.05, 0) is 97.5 Å². The number of aliphatic hydroxyl groups is 1. The lowest BCUT2D eigenvalue weighted by Gasteiger charge is -2.14. The smallest absolute Gasteiger partial charge is 0.163 e. The molecule has 3 aromatic rings. The average Bonchev–Trinajstić information content (AvgIpc) is 2.96. The van der Waals surface area contributed by atoms with Crippen molar-refractivity contribution in [3.05, 3.63) is 87.6 Å². The number of phenolic OH excluding ortho intramolecular Hbond substituents is 1. The summed E-state index contributed by atoms with van der Waals surface area (Å²) in [5.74, 6) is 0.962. The third-order valence-corrected chi connectivity index (χ3v) is 7.92. The van der Waals surface area contributed by atoms with Crippen molar-refractivity contribution in [2.24, 2.45) is 5.92 Å². The molecule has 4 N–H and O–H groups in total. The van der Waals surface area contributed by atoms with Gasteiger partial charge in [-0.3, -0.25) is 9.59 Å². The summed E-state index contributed by atoms with van der Waals surface area (Å²) < 4.78 is 5.32. The molecule has 1 heterocycles. The Bertz CT molecular complexity index is 1430. The number of aliphatic hydroxyl groups excluding tert-OH is 1. The predicted octanol–water partition coefficient (Wildman–Crippen LogP) is 7.08. The SMILES string of the molecule is CCCC(CCCO)CCCC(=O)CC(=O)C=Cc1cc(OC)c(O)cc1Cc1cnc(N)c(Cc2cc(C)cc(C)c2)c1. The molecule has 1 unspecified atom stereocenters. The second-order valence-corrected chi connectivity index (χ2v) is 11.9. The van der Waals surface area contributed by atoms with Gasteiger partial charge in [0.1, 0.15) is 11.6 Å². The van der Waals surface area contributed by atoms with Crippen LogP contribution < -0.4 is 10.5 Å². The normalized spacial score (nSPS) is 12.0. The van der Waals surface area contributed by atoms with Gasteiger partial charge in [0.05, 0.1) is 13.5 Å². The molecule has 0 spiro atoms. The maximum atomic E-state index is 12.7. The Labute approximate surface area is 262 Å². The molecule has 7 nitrogen and oxygen atoms in total. The summed E-state index contributed by atoms with van der Waals surface area (Å²) >= 11 is 0.